The second-order valence-corrected chi connectivity index (χ2v) is 9.83. The zero-order chi connectivity index (χ0) is 21.3. The van der Waals surface area contributed by atoms with E-state index in [-0.39, 0.29) is 30.8 Å². The fourth-order valence-electron chi connectivity index (χ4n) is 7.00. The Labute approximate surface area is 166 Å². The highest BCUT2D eigenvalue weighted by Gasteiger charge is 2.90. The molecule has 3 heterocycles. The van der Waals surface area contributed by atoms with Crippen LogP contribution in [-0.2, 0) is 19.1 Å². The monoisotopic (exact) mass is 410 g/mol. The molecule has 0 unspecified atom stereocenters. The molecular weight excluding hydrogens is 384 g/mol. The van der Waals surface area contributed by atoms with Gasteiger partial charge in [0.15, 0.2) is 17.0 Å². The van der Waals surface area contributed by atoms with Gasteiger partial charge >= 0.3 is 5.97 Å². The van der Waals surface area contributed by atoms with E-state index < -0.39 is 70.0 Å². The number of carbonyl (C=O) groups is 2. The van der Waals surface area contributed by atoms with Crippen LogP contribution in [-0.4, -0.2) is 78.5 Å². The molecule has 9 nitrogen and oxygen atoms in total. The molecule has 10 atom stereocenters. The van der Waals surface area contributed by atoms with Crippen LogP contribution >= 0.6 is 0 Å². The minimum absolute atomic E-state index is 0.0572. The van der Waals surface area contributed by atoms with Gasteiger partial charge in [0.2, 0.25) is 0 Å². The Hall–Kier alpha value is -1.52. The number of aliphatic hydroxyl groups is 5. The van der Waals surface area contributed by atoms with Gasteiger partial charge < -0.3 is 35.0 Å². The summed E-state index contributed by atoms with van der Waals surface area (Å²) in [5, 5.41) is 54.1. The first-order valence-corrected chi connectivity index (χ1v) is 10.00. The van der Waals surface area contributed by atoms with E-state index in [1.54, 1.807) is 13.8 Å². The van der Waals surface area contributed by atoms with Gasteiger partial charge in [-0.15, -0.1) is 0 Å². The van der Waals surface area contributed by atoms with E-state index in [2.05, 4.69) is 0 Å². The van der Waals surface area contributed by atoms with Crippen molar-refractivity contribution in [2.24, 2.45) is 23.7 Å². The molecule has 0 aromatic rings. The summed E-state index contributed by atoms with van der Waals surface area (Å²) in [6, 6.07) is 0. The number of ketones is 1. The topological polar surface area (TPSA) is 154 Å². The van der Waals surface area contributed by atoms with E-state index in [9.17, 15) is 35.1 Å². The van der Waals surface area contributed by atoms with Crippen LogP contribution in [0.3, 0.4) is 0 Å². The molecule has 0 aromatic heterocycles. The fraction of sp³-hybridized carbons (Fsp3) is 0.800. The molecule has 6 aliphatic rings. The van der Waals surface area contributed by atoms with Gasteiger partial charge in [-0.05, 0) is 26.7 Å². The second kappa shape index (κ2) is 5.20. The van der Waals surface area contributed by atoms with E-state index in [0.29, 0.717) is 0 Å². The minimum Gasteiger partial charge on any atom is -0.511 e. The molecule has 160 valence electrons. The predicted octanol–water partition coefficient (Wildman–Crippen LogP) is -1.04. The number of allylic oxidation sites excluding steroid dienone is 1. The van der Waals surface area contributed by atoms with E-state index in [1.165, 1.54) is 6.92 Å². The van der Waals surface area contributed by atoms with Crippen LogP contribution in [0.25, 0.3) is 0 Å². The fourth-order valence-corrected chi connectivity index (χ4v) is 7.00. The molecule has 2 spiro atoms. The summed E-state index contributed by atoms with van der Waals surface area (Å²) < 4.78 is 12.1. The Bertz CT molecular complexity index is 864. The highest BCUT2D eigenvalue weighted by Crippen LogP contribution is 2.73. The van der Waals surface area contributed by atoms with Crippen LogP contribution in [0.1, 0.15) is 33.6 Å². The van der Waals surface area contributed by atoms with Crippen molar-refractivity contribution in [3.8, 4) is 0 Å². The quantitative estimate of drug-likeness (QED) is 0.341. The number of hydrogen-bond acceptors (Lipinski definition) is 9. The molecule has 9 heteroatoms. The van der Waals surface area contributed by atoms with E-state index >= 15 is 0 Å². The van der Waals surface area contributed by atoms with Crippen molar-refractivity contribution in [3.05, 3.63) is 11.3 Å². The van der Waals surface area contributed by atoms with Gasteiger partial charge in [-0.3, -0.25) is 4.79 Å². The van der Waals surface area contributed by atoms with Crippen molar-refractivity contribution < 1.29 is 44.6 Å². The number of ether oxygens (including phenoxy) is 2. The Morgan fingerprint density at radius 1 is 1.17 bits per heavy atom. The molecular formula is C20H26O9. The number of carbonyl (C=O) groups excluding carboxylic acids is 2. The lowest BCUT2D eigenvalue weighted by atomic mass is 9.55. The summed E-state index contributed by atoms with van der Waals surface area (Å²) in [5.41, 5.74) is -6.95. The van der Waals surface area contributed by atoms with Gasteiger partial charge in [-0.2, -0.15) is 0 Å². The first-order chi connectivity index (χ1) is 13.4. The summed E-state index contributed by atoms with van der Waals surface area (Å²) >= 11 is 0. The summed E-state index contributed by atoms with van der Waals surface area (Å²) in [4.78, 5) is 26.5. The molecule has 3 aliphatic heterocycles. The highest BCUT2D eigenvalue weighted by atomic mass is 16.6. The maximum atomic E-state index is 13.5. The van der Waals surface area contributed by atoms with E-state index in [1.807, 2.05) is 0 Å². The molecule has 4 bridgehead atoms. The second-order valence-electron chi connectivity index (χ2n) is 9.83. The number of fused-ring (bicyclic) bond motifs is 1. The standard InChI is InChI=1S/C20H26O9/c1-7-4-17(2,27)14(24)10-13(23)9-15(25)18(3)8(6-21)5-19(9)20(10,29-18)11(12(7)22)16(26)28-19/h7-10,13,15,21-23,25,27H,4-6H2,1-3H3/b12-11-/t7-,8+,9-,10-,13-,15-,17-,18-,19-,20-/m0/s1. The molecule has 29 heavy (non-hydrogen) atoms. The van der Waals surface area contributed by atoms with Gasteiger partial charge in [0.05, 0.1) is 29.6 Å². The molecule has 0 amide bonds. The zero-order valence-corrected chi connectivity index (χ0v) is 16.5. The Morgan fingerprint density at radius 2 is 1.83 bits per heavy atom. The SMILES string of the molecule is C[C@H]1C[C@](C)(O)C(=O)[C@@H]2[C@@H](O)[C@H]3[C@H](O)[C@@]4(C)O[C@]25/C(=C/1O)C(=O)O[C@@]35C[C@@H]4CO. The number of aliphatic hydroxyl groups excluding tert-OH is 4. The van der Waals surface area contributed by atoms with Crippen LogP contribution in [0.5, 0.6) is 0 Å². The third-order valence-corrected chi connectivity index (χ3v) is 8.29. The average molecular weight is 410 g/mol. The molecule has 6 rings (SSSR count). The van der Waals surface area contributed by atoms with Crippen molar-refractivity contribution >= 4 is 11.8 Å². The lowest BCUT2D eigenvalue weighted by Crippen LogP contribution is -2.77. The Kier molecular flexibility index (Phi) is 3.49. The zero-order valence-electron chi connectivity index (χ0n) is 16.5. The maximum Gasteiger partial charge on any atom is 0.341 e. The van der Waals surface area contributed by atoms with Crippen molar-refractivity contribution in [2.75, 3.05) is 6.61 Å². The number of hydrogen-bond donors (Lipinski definition) is 5. The van der Waals surface area contributed by atoms with Gasteiger partial charge in [-0.25, -0.2) is 4.79 Å². The molecule has 5 N–H and O–H groups in total. The normalized spacial score (nSPS) is 60.7. The lowest BCUT2D eigenvalue weighted by molar-refractivity contribution is -0.348. The number of Topliss-reactive ketones (excluding diaryl/α,β-unsaturated/α-hetero) is 1. The van der Waals surface area contributed by atoms with Crippen LogP contribution in [0.4, 0.5) is 0 Å². The van der Waals surface area contributed by atoms with E-state index in [4.69, 9.17) is 9.47 Å². The van der Waals surface area contributed by atoms with E-state index in [0.717, 1.165) is 0 Å². The summed E-state index contributed by atoms with van der Waals surface area (Å²) in [6.07, 6.45) is -2.88. The summed E-state index contributed by atoms with van der Waals surface area (Å²) in [6.45, 7) is 4.10. The van der Waals surface area contributed by atoms with Gasteiger partial charge in [0.25, 0.3) is 0 Å². The van der Waals surface area contributed by atoms with Crippen molar-refractivity contribution in [1.29, 1.82) is 0 Å². The highest BCUT2D eigenvalue weighted by molar-refractivity contribution is 6.01. The van der Waals surface area contributed by atoms with Crippen LogP contribution < -0.4 is 0 Å². The number of rotatable bonds is 1. The Balaban J connectivity index is 1.87. The van der Waals surface area contributed by atoms with Crippen LogP contribution in [0.2, 0.25) is 0 Å². The lowest BCUT2D eigenvalue weighted by Gasteiger charge is -2.63. The number of esters is 1. The maximum absolute atomic E-state index is 13.5. The first-order valence-electron chi connectivity index (χ1n) is 10.00. The van der Waals surface area contributed by atoms with Gasteiger partial charge in [0.1, 0.15) is 16.9 Å². The van der Waals surface area contributed by atoms with Crippen LogP contribution in [0.15, 0.2) is 11.3 Å². The van der Waals surface area contributed by atoms with Gasteiger partial charge in [-0.1, -0.05) is 6.92 Å². The minimum atomic E-state index is -1.89. The van der Waals surface area contributed by atoms with Crippen LogP contribution in [0, 0.1) is 23.7 Å². The van der Waals surface area contributed by atoms with Crippen molar-refractivity contribution in [1.82, 2.24) is 0 Å². The third-order valence-electron chi connectivity index (χ3n) is 8.29. The van der Waals surface area contributed by atoms with Crippen molar-refractivity contribution in [3.63, 3.8) is 0 Å². The molecule has 0 aromatic carbocycles. The van der Waals surface area contributed by atoms with Crippen molar-refractivity contribution in [2.45, 2.75) is 68.2 Å². The Morgan fingerprint density at radius 3 is 2.45 bits per heavy atom. The molecule has 3 saturated heterocycles. The molecule has 3 aliphatic carbocycles. The first kappa shape index (κ1) is 19.4. The predicted molar refractivity (Wildman–Crippen MR) is 94.3 cm³/mol. The molecule has 2 saturated carbocycles. The summed E-state index contributed by atoms with van der Waals surface area (Å²) in [7, 11) is 0. The third kappa shape index (κ3) is 1.78. The smallest absolute Gasteiger partial charge is 0.341 e. The average Bonchev–Trinajstić information content (AvgIpc) is 2.95. The molecule has 0 radical (unpaired) electrons. The molecule has 5 fully saturated rings. The largest absolute Gasteiger partial charge is 0.511 e. The summed E-state index contributed by atoms with van der Waals surface area (Å²) in [5.74, 6) is -5.74. The van der Waals surface area contributed by atoms with Gasteiger partial charge in [0, 0.05) is 18.4 Å².